The average molecular weight is 368 g/mol. The molecule has 132 valence electrons. The van der Waals surface area contributed by atoms with Gasteiger partial charge < -0.3 is 10.6 Å². The van der Waals surface area contributed by atoms with Crippen LogP contribution in [-0.2, 0) is 0 Å². The van der Waals surface area contributed by atoms with Crippen LogP contribution in [0.15, 0.2) is 29.3 Å². The van der Waals surface area contributed by atoms with Gasteiger partial charge >= 0.3 is 0 Å². The molecule has 3 rings (SSSR count). The SMILES string of the molecule is CN1C(=NC2CCCCCC2)SCC1c1ccc(C(N)=O)cc1.Cl. The molecule has 2 fully saturated rings. The Morgan fingerprint density at radius 1 is 1.17 bits per heavy atom. The Bertz CT molecular complexity index is 582. The fourth-order valence-electron chi connectivity index (χ4n) is 3.36. The normalized spacial score (nSPS) is 23.8. The number of hydrogen-bond acceptors (Lipinski definition) is 3. The summed E-state index contributed by atoms with van der Waals surface area (Å²) < 4.78 is 0. The number of nitrogens with two attached hydrogens (primary N) is 1. The molecule has 1 atom stereocenters. The Morgan fingerprint density at radius 2 is 1.79 bits per heavy atom. The maximum absolute atomic E-state index is 11.2. The second kappa shape index (κ2) is 8.77. The predicted molar refractivity (Wildman–Crippen MR) is 104 cm³/mol. The molecule has 1 aliphatic heterocycles. The van der Waals surface area contributed by atoms with Crippen LogP contribution >= 0.6 is 24.2 Å². The van der Waals surface area contributed by atoms with Crippen LogP contribution in [0.2, 0.25) is 0 Å². The van der Waals surface area contributed by atoms with E-state index in [1.54, 1.807) is 0 Å². The van der Waals surface area contributed by atoms with Crippen LogP contribution in [0.5, 0.6) is 0 Å². The minimum absolute atomic E-state index is 0. The van der Waals surface area contributed by atoms with Gasteiger partial charge in [-0.2, -0.15) is 0 Å². The molecular weight excluding hydrogens is 342 g/mol. The summed E-state index contributed by atoms with van der Waals surface area (Å²) in [6, 6.07) is 8.48. The molecule has 1 aromatic rings. The summed E-state index contributed by atoms with van der Waals surface area (Å²) >= 11 is 1.85. The van der Waals surface area contributed by atoms with E-state index in [0.29, 0.717) is 17.6 Å². The summed E-state index contributed by atoms with van der Waals surface area (Å²) in [6.45, 7) is 0. The van der Waals surface area contributed by atoms with Crippen molar-refractivity contribution < 1.29 is 4.79 Å². The Labute approximate surface area is 154 Å². The fraction of sp³-hybridized carbons (Fsp3) is 0.556. The van der Waals surface area contributed by atoms with Gasteiger partial charge in [0.1, 0.15) is 0 Å². The molecule has 1 saturated heterocycles. The van der Waals surface area contributed by atoms with Crippen molar-refractivity contribution in [1.82, 2.24) is 4.90 Å². The number of amidine groups is 1. The zero-order chi connectivity index (χ0) is 16.2. The van der Waals surface area contributed by atoms with Crippen molar-refractivity contribution in [1.29, 1.82) is 0 Å². The number of primary amides is 1. The first-order valence-corrected chi connectivity index (χ1v) is 9.47. The lowest BCUT2D eigenvalue weighted by Crippen LogP contribution is -2.24. The minimum Gasteiger partial charge on any atom is -0.366 e. The fourth-order valence-corrected chi connectivity index (χ4v) is 4.64. The van der Waals surface area contributed by atoms with Gasteiger partial charge in [0.25, 0.3) is 0 Å². The third-order valence-corrected chi connectivity index (χ3v) is 5.97. The van der Waals surface area contributed by atoms with Crippen molar-refractivity contribution in [2.24, 2.45) is 10.7 Å². The van der Waals surface area contributed by atoms with E-state index >= 15 is 0 Å². The number of amides is 1. The highest BCUT2D eigenvalue weighted by molar-refractivity contribution is 8.14. The number of halogens is 1. The van der Waals surface area contributed by atoms with E-state index in [9.17, 15) is 4.79 Å². The molecule has 1 aliphatic carbocycles. The highest BCUT2D eigenvalue weighted by Gasteiger charge is 2.29. The van der Waals surface area contributed by atoms with Gasteiger partial charge in [-0.05, 0) is 30.5 Å². The Morgan fingerprint density at radius 3 is 2.38 bits per heavy atom. The van der Waals surface area contributed by atoms with Gasteiger partial charge in [-0.25, -0.2) is 0 Å². The zero-order valence-corrected chi connectivity index (χ0v) is 15.7. The van der Waals surface area contributed by atoms with Crippen molar-refractivity contribution >= 4 is 35.2 Å². The quantitative estimate of drug-likeness (QED) is 0.821. The molecule has 1 amide bonds. The number of carbonyl (C=O) groups is 1. The van der Waals surface area contributed by atoms with E-state index in [2.05, 4.69) is 11.9 Å². The van der Waals surface area contributed by atoms with Crippen molar-refractivity contribution in [3.63, 3.8) is 0 Å². The average Bonchev–Trinajstić information content (AvgIpc) is 2.76. The molecule has 4 nitrogen and oxygen atoms in total. The first kappa shape index (κ1) is 19.1. The monoisotopic (exact) mass is 367 g/mol. The second-order valence-corrected chi connectivity index (χ2v) is 7.47. The summed E-state index contributed by atoms with van der Waals surface area (Å²) in [5, 5.41) is 1.17. The zero-order valence-electron chi connectivity index (χ0n) is 14.1. The maximum atomic E-state index is 11.2. The number of hydrogen-bond donors (Lipinski definition) is 1. The molecule has 24 heavy (non-hydrogen) atoms. The lowest BCUT2D eigenvalue weighted by atomic mass is 10.1. The van der Waals surface area contributed by atoms with E-state index in [-0.39, 0.29) is 18.3 Å². The molecule has 1 aromatic carbocycles. The molecular formula is C18H26ClN3OS. The van der Waals surface area contributed by atoms with Crippen LogP contribution < -0.4 is 5.73 Å². The molecule has 1 heterocycles. The van der Waals surface area contributed by atoms with Crippen LogP contribution in [0.1, 0.15) is 60.5 Å². The molecule has 6 heteroatoms. The Kier molecular flexibility index (Phi) is 6.99. The van der Waals surface area contributed by atoms with Gasteiger partial charge in [0.15, 0.2) is 5.17 Å². The van der Waals surface area contributed by atoms with Crippen molar-refractivity contribution in [2.45, 2.75) is 50.6 Å². The lowest BCUT2D eigenvalue weighted by molar-refractivity contribution is 0.100. The summed E-state index contributed by atoms with van der Waals surface area (Å²) in [5.41, 5.74) is 7.09. The molecule has 2 aliphatic rings. The third kappa shape index (κ3) is 4.45. The van der Waals surface area contributed by atoms with E-state index in [0.717, 1.165) is 5.75 Å². The number of nitrogens with zero attached hydrogens (tertiary/aromatic N) is 2. The number of aliphatic imine (C=N–C) groups is 1. The van der Waals surface area contributed by atoms with Gasteiger partial charge in [0, 0.05) is 18.4 Å². The van der Waals surface area contributed by atoms with E-state index in [1.807, 2.05) is 36.0 Å². The van der Waals surface area contributed by atoms with E-state index in [4.69, 9.17) is 10.7 Å². The summed E-state index contributed by atoms with van der Waals surface area (Å²) in [4.78, 5) is 18.5. The van der Waals surface area contributed by atoms with E-state index in [1.165, 1.54) is 49.3 Å². The van der Waals surface area contributed by atoms with Crippen LogP contribution in [0.4, 0.5) is 0 Å². The van der Waals surface area contributed by atoms with Crippen molar-refractivity contribution in [2.75, 3.05) is 12.8 Å². The standard InChI is InChI=1S/C18H25N3OS.ClH/c1-21-16(13-8-10-14(11-9-13)17(19)22)12-23-18(21)20-15-6-4-2-3-5-7-15;/h8-11,15-16H,2-7,12H2,1H3,(H2,19,22);1H. The smallest absolute Gasteiger partial charge is 0.248 e. The predicted octanol–water partition coefficient (Wildman–Crippen LogP) is 4.01. The van der Waals surface area contributed by atoms with Gasteiger partial charge in [-0.1, -0.05) is 49.6 Å². The molecule has 0 bridgehead atoms. The molecule has 1 unspecified atom stereocenters. The Hall–Kier alpha value is -1.20. The highest BCUT2D eigenvalue weighted by atomic mass is 35.5. The number of benzene rings is 1. The number of carbonyl (C=O) groups excluding carboxylic acids is 1. The molecule has 0 radical (unpaired) electrons. The molecule has 1 saturated carbocycles. The molecule has 0 spiro atoms. The second-order valence-electron chi connectivity index (χ2n) is 6.48. The first-order valence-electron chi connectivity index (χ1n) is 8.48. The van der Waals surface area contributed by atoms with Crippen molar-refractivity contribution in [3.8, 4) is 0 Å². The molecule has 0 aromatic heterocycles. The summed E-state index contributed by atoms with van der Waals surface area (Å²) in [7, 11) is 2.13. The van der Waals surface area contributed by atoms with Crippen LogP contribution in [0, 0.1) is 0 Å². The first-order chi connectivity index (χ1) is 11.1. The molecule has 2 N–H and O–H groups in total. The van der Waals surface area contributed by atoms with Crippen molar-refractivity contribution in [3.05, 3.63) is 35.4 Å². The highest BCUT2D eigenvalue weighted by Crippen LogP contribution is 2.35. The summed E-state index contributed by atoms with van der Waals surface area (Å²) in [5.74, 6) is 0.638. The van der Waals surface area contributed by atoms with E-state index < -0.39 is 0 Å². The largest absolute Gasteiger partial charge is 0.366 e. The van der Waals surface area contributed by atoms with Gasteiger partial charge in [-0.3, -0.25) is 9.79 Å². The Balaban J connectivity index is 0.00000208. The van der Waals surface area contributed by atoms with Crippen LogP contribution in [0.25, 0.3) is 0 Å². The topological polar surface area (TPSA) is 58.7 Å². The lowest BCUT2D eigenvalue weighted by Gasteiger charge is -2.22. The van der Waals surface area contributed by atoms with Gasteiger partial charge in [0.05, 0.1) is 12.1 Å². The third-order valence-electron chi connectivity index (χ3n) is 4.84. The van der Waals surface area contributed by atoms with Crippen LogP contribution in [-0.4, -0.2) is 34.8 Å². The minimum atomic E-state index is -0.374. The summed E-state index contributed by atoms with van der Waals surface area (Å²) in [6.07, 6.45) is 7.81. The van der Waals surface area contributed by atoms with Crippen LogP contribution in [0.3, 0.4) is 0 Å². The number of thioether (sulfide) groups is 1. The number of rotatable bonds is 3. The van der Waals surface area contributed by atoms with Gasteiger partial charge in [-0.15, -0.1) is 12.4 Å². The maximum Gasteiger partial charge on any atom is 0.248 e. The van der Waals surface area contributed by atoms with Gasteiger partial charge in [0.2, 0.25) is 5.91 Å².